The van der Waals surface area contributed by atoms with Crippen molar-refractivity contribution in [2.75, 3.05) is 0 Å². The number of fused-ring (bicyclic) bond motifs is 1. The van der Waals surface area contributed by atoms with Crippen LogP contribution in [0, 0.1) is 6.92 Å². The zero-order valence-electron chi connectivity index (χ0n) is 8.68. The third-order valence-corrected chi connectivity index (χ3v) is 2.49. The van der Waals surface area contributed by atoms with E-state index in [1.165, 1.54) is 0 Å². The molecular formula is C14H10NO. The van der Waals surface area contributed by atoms with Gasteiger partial charge in [0, 0.05) is 5.56 Å². The molecule has 77 valence electrons. The summed E-state index contributed by atoms with van der Waals surface area (Å²) in [5.74, 6) is 0.654. The summed E-state index contributed by atoms with van der Waals surface area (Å²) < 4.78 is 5.66. The maximum atomic E-state index is 5.66. The molecule has 2 heteroatoms. The van der Waals surface area contributed by atoms with E-state index in [-0.39, 0.29) is 0 Å². The van der Waals surface area contributed by atoms with E-state index < -0.39 is 0 Å². The number of hydrogen-bond donors (Lipinski definition) is 0. The SMILES string of the molecule is [CH2]c1ccc(-c2nc3ccccc3o2)cc1. The largest absolute Gasteiger partial charge is 0.436 e. The van der Waals surface area contributed by atoms with Crippen molar-refractivity contribution in [3.8, 4) is 11.5 Å². The quantitative estimate of drug-likeness (QED) is 0.609. The Kier molecular flexibility index (Phi) is 2.00. The zero-order valence-corrected chi connectivity index (χ0v) is 8.68. The molecule has 0 saturated carbocycles. The minimum absolute atomic E-state index is 0.654. The maximum Gasteiger partial charge on any atom is 0.227 e. The third-order valence-electron chi connectivity index (χ3n) is 2.49. The van der Waals surface area contributed by atoms with Gasteiger partial charge in [0.25, 0.3) is 0 Å². The highest BCUT2D eigenvalue weighted by Gasteiger charge is 2.06. The van der Waals surface area contributed by atoms with Crippen LogP contribution in [0.15, 0.2) is 52.9 Å². The Morgan fingerprint density at radius 1 is 0.938 bits per heavy atom. The van der Waals surface area contributed by atoms with Crippen LogP contribution < -0.4 is 0 Å². The van der Waals surface area contributed by atoms with Crippen molar-refractivity contribution in [1.29, 1.82) is 0 Å². The van der Waals surface area contributed by atoms with Crippen LogP contribution in [0.1, 0.15) is 5.56 Å². The average Bonchev–Trinajstić information content (AvgIpc) is 2.73. The summed E-state index contributed by atoms with van der Waals surface area (Å²) in [6.07, 6.45) is 0. The highest BCUT2D eigenvalue weighted by molar-refractivity contribution is 5.75. The first-order chi connectivity index (χ1) is 7.83. The number of aromatic nitrogens is 1. The van der Waals surface area contributed by atoms with Gasteiger partial charge in [-0.25, -0.2) is 4.98 Å². The standard InChI is InChI=1S/C14H10NO/c1-10-6-8-11(9-7-10)14-15-12-4-2-3-5-13(12)16-14/h2-9H,1H2. The smallest absolute Gasteiger partial charge is 0.227 e. The molecular weight excluding hydrogens is 198 g/mol. The van der Waals surface area contributed by atoms with Crippen LogP contribution in [0.2, 0.25) is 0 Å². The second-order valence-corrected chi connectivity index (χ2v) is 3.68. The molecule has 0 N–H and O–H groups in total. The minimum Gasteiger partial charge on any atom is -0.436 e. The summed E-state index contributed by atoms with van der Waals surface area (Å²) in [6, 6.07) is 15.6. The van der Waals surface area contributed by atoms with Crippen molar-refractivity contribution >= 4 is 11.1 Å². The molecule has 3 rings (SSSR count). The van der Waals surface area contributed by atoms with E-state index in [9.17, 15) is 0 Å². The predicted molar refractivity (Wildman–Crippen MR) is 63.9 cm³/mol. The van der Waals surface area contributed by atoms with E-state index >= 15 is 0 Å². The summed E-state index contributed by atoms with van der Waals surface area (Å²) in [5, 5.41) is 0. The fraction of sp³-hybridized carbons (Fsp3) is 0. The van der Waals surface area contributed by atoms with E-state index in [2.05, 4.69) is 11.9 Å². The normalized spacial score (nSPS) is 10.8. The molecule has 0 aliphatic rings. The van der Waals surface area contributed by atoms with Crippen LogP contribution in [-0.4, -0.2) is 4.98 Å². The van der Waals surface area contributed by atoms with Gasteiger partial charge in [-0.05, 0) is 36.8 Å². The monoisotopic (exact) mass is 208 g/mol. The van der Waals surface area contributed by atoms with Crippen LogP contribution in [0.4, 0.5) is 0 Å². The maximum absolute atomic E-state index is 5.66. The predicted octanol–water partition coefficient (Wildman–Crippen LogP) is 3.68. The number of nitrogens with zero attached hydrogens (tertiary/aromatic N) is 1. The lowest BCUT2D eigenvalue weighted by atomic mass is 10.1. The molecule has 0 amide bonds. The van der Waals surface area contributed by atoms with Gasteiger partial charge >= 0.3 is 0 Å². The molecule has 1 aromatic heterocycles. The van der Waals surface area contributed by atoms with E-state index in [0.29, 0.717) is 5.89 Å². The van der Waals surface area contributed by atoms with E-state index in [1.54, 1.807) is 0 Å². The lowest BCUT2D eigenvalue weighted by Crippen LogP contribution is -1.77. The fourth-order valence-electron chi connectivity index (χ4n) is 1.64. The van der Waals surface area contributed by atoms with Crippen LogP contribution in [-0.2, 0) is 0 Å². The molecule has 3 aromatic rings. The molecule has 0 fully saturated rings. The molecule has 0 unspecified atom stereocenters. The van der Waals surface area contributed by atoms with Gasteiger partial charge in [-0.2, -0.15) is 0 Å². The van der Waals surface area contributed by atoms with Gasteiger partial charge in [-0.15, -0.1) is 0 Å². The second kappa shape index (κ2) is 3.49. The van der Waals surface area contributed by atoms with Crippen LogP contribution in [0.3, 0.4) is 0 Å². The molecule has 1 heterocycles. The Hall–Kier alpha value is -2.09. The molecule has 0 aliphatic carbocycles. The molecule has 1 radical (unpaired) electrons. The Morgan fingerprint density at radius 3 is 2.44 bits per heavy atom. The van der Waals surface area contributed by atoms with Gasteiger partial charge in [-0.3, -0.25) is 0 Å². The summed E-state index contributed by atoms with van der Waals surface area (Å²) in [6.45, 7) is 3.85. The first-order valence-corrected chi connectivity index (χ1v) is 5.11. The molecule has 16 heavy (non-hydrogen) atoms. The molecule has 0 bridgehead atoms. The number of oxazole rings is 1. The highest BCUT2D eigenvalue weighted by atomic mass is 16.3. The Morgan fingerprint density at radius 2 is 1.69 bits per heavy atom. The topological polar surface area (TPSA) is 26.0 Å². The van der Waals surface area contributed by atoms with Crippen molar-refractivity contribution in [2.45, 2.75) is 0 Å². The van der Waals surface area contributed by atoms with Gasteiger partial charge in [-0.1, -0.05) is 24.3 Å². The van der Waals surface area contributed by atoms with E-state index in [1.807, 2.05) is 48.5 Å². The summed E-state index contributed by atoms with van der Waals surface area (Å²) >= 11 is 0. The highest BCUT2D eigenvalue weighted by Crippen LogP contribution is 2.23. The minimum atomic E-state index is 0.654. The van der Waals surface area contributed by atoms with Gasteiger partial charge < -0.3 is 4.42 Å². The summed E-state index contributed by atoms with van der Waals surface area (Å²) in [4.78, 5) is 4.43. The molecule has 0 aliphatic heterocycles. The Bertz CT molecular complexity index is 590. The number of rotatable bonds is 1. The molecule has 0 spiro atoms. The van der Waals surface area contributed by atoms with Crippen molar-refractivity contribution in [2.24, 2.45) is 0 Å². The third kappa shape index (κ3) is 1.48. The summed E-state index contributed by atoms with van der Waals surface area (Å²) in [5.41, 5.74) is 3.66. The van der Waals surface area contributed by atoms with Crippen molar-refractivity contribution < 1.29 is 4.42 Å². The van der Waals surface area contributed by atoms with E-state index in [0.717, 1.165) is 22.2 Å². The van der Waals surface area contributed by atoms with Crippen LogP contribution >= 0.6 is 0 Å². The van der Waals surface area contributed by atoms with Crippen molar-refractivity contribution in [3.05, 3.63) is 61.0 Å². The van der Waals surface area contributed by atoms with Gasteiger partial charge in [0.05, 0.1) is 0 Å². The number of hydrogen-bond acceptors (Lipinski definition) is 2. The molecule has 2 aromatic carbocycles. The van der Waals surface area contributed by atoms with Crippen LogP contribution in [0.5, 0.6) is 0 Å². The Balaban J connectivity index is 2.15. The number of benzene rings is 2. The van der Waals surface area contributed by atoms with Crippen molar-refractivity contribution in [1.82, 2.24) is 4.98 Å². The molecule has 2 nitrogen and oxygen atoms in total. The van der Waals surface area contributed by atoms with E-state index in [4.69, 9.17) is 4.42 Å². The Labute approximate surface area is 93.5 Å². The first-order valence-electron chi connectivity index (χ1n) is 5.11. The fourth-order valence-corrected chi connectivity index (χ4v) is 1.64. The lowest BCUT2D eigenvalue weighted by Gasteiger charge is -1.95. The average molecular weight is 208 g/mol. The van der Waals surface area contributed by atoms with Gasteiger partial charge in [0.2, 0.25) is 5.89 Å². The lowest BCUT2D eigenvalue weighted by molar-refractivity contribution is 0.620. The summed E-state index contributed by atoms with van der Waals surface area (Å²) in [7, 11) is 0. The van der Waals surface area contributed by atoms with Crippen molar-refractivity contribution in [3.63, 3.8) is 0 Å². The number of para-hydroxylation sites is 2. The van der Waals surface area contributed by atoms with Crippen LogP contribution in [0.25, 0.3) is 22.6 Å². The second-order valence-electron chi connectivity index (χ2n) is 3.68. The zero-order chi connectivity index (χ0) is 11.0. The molecule has 0 saturated heterocycles. The van der Waals surface area contributed by atoms with Gasteiger partial charge in [0.15, 0.2) is 5.58 Å². The molecule has 0 atom stereocenters. The first kappa shape index (κ1) is 9.16. The van der Waals surface area contributed by atoms with Gasteiger partial charge in [0.1, 0.15) is 5.52 Å².